The summed E-state index contributed by atoms with van der Waals surface area (Å²) in [5, 5.41) is 0. The highest BCUT2D eigenvalue weighted by Gasteiger charge is 2.39. The second-order valence-electron chi connectivity index (χ2n) is 5.16. The summed E-state index contributed by atoms with van der Waals surface area (Å²) in [7, 11) is -0.415. The number of nitrogens with two attached hydrogens (primary N) is 1. The zero-order valence-corrected chi connectivity index (χ0v) is 13.4. The van der Waals surface area contributed by atoms with Gasteiger partial charge in [0.2, 0.25) is 10.0 Å². The molecule has 0 aliphatic carbocycles. The molecule has 1 aliphatic rings. The van der Waals surface area contributed by atoms with E-state index in [0.29, 0.717) is 19.6 Å². The highest BCUT2D eigenvalue weighted by Crippen LogP contribution is 2.25. The molecule has 118 valence electrons. The predicted molar refractivity (Wildman–Crippen MR) is 79.4 cm³/mol. The van der Waals surface area contributed by atoms with Crippen molar-refractivity contribution < 1.29 is 17.9 Å². The monoisotopic (exact) mass is 314 g/mol. The minimum absolute atomic E-state index is 0.241. The first-order valence-electron chi connectivity index (χ1n) is 6.79. The molecule has 1 fully saturated rings. The number of hydrogen-bond donors (Lipinski definition) is 1. The van der Waals surface area contributed by atoms with Gasteiger partial charge in [0.25, 0.3) is 0 Å². The number of sulfonamides is 1. The van der Waals surface area contributed by atoms with Gasteiger partial charge in [0.05, 0.1) is 17.1 Å². The van der Waals surface area contributed by atoms with Crippen LogP contribution in [0.3, 0.4) is 0 Å². The maximum absolute atomic E-state index is 12.7. The Hall–Kier alpha value is -0.990. The van der Waals surface area contributed by atoms with Crippen molar-refractivity contribution in [1.29, 1.82) is 0 Å². The van der Waals surface area contributed by atoms with Crippen molar-refractivity contribution in [2.45, 2.75) is 30.6 Å². The zero-order valence-electron chi connectivity index (χ0n) is 12.6. The molecule has 7 heteroatoms. The molecule has 0 saturated carbocycles. The molecule has 1 saturated heterocycles. The van der Waals surface area contributed by atoms with E-state index in [1.165, 1.54) is 4.31 Å². The molecule has 1 aromatic carbocycles. The zero-order chi connectivity index (χ0) is 15.6. The van der Waals surface area contributed by atoms with Crippen LogP contribution in [0.15, 0.2) is 23.1 Å². The van der Waals surface area contributed by atoms with E-state index in [4.69, 9.17) is 15.2 Å². The third-order valence-corrected chi connectivity index (χ3v) is 5.79. The number of ether oxygens (including phenoxy) is 2. The summed E-state index contributed by atoms with van der Waals surface area (Å²) in [4.78, 5) is 0.281. The van der Waals surface area contributed by atoms with Crippen LogP contribution in [0.2, 0.25) is 0 Å². The molecular weight excluding hydrogens is 292 g/mol. The molecule has 2 unspecified atom stereocenters. The second-order valence-corrected chi connectivity index (χ2v) is 7.10. The van der Waals surface area contributed by atoms with Crippen LogP contribution in [0.5, 0.6) is 0 Å². The average Bonchev–Trinajstić information content (AvgIpc) is 2.91. The Morgan fingerprint density at radius 1 is 1.24 bits per heavy atom. The summed E-state index contributed by atoms with van der Waals surface area (Å²) in [5.74, 6) is 0. The van der Waals surface area contributed by atoms with Crippen LogP contribution in [0.1, 0.15) is 11.1 Å². The van der Waals surface area contributed by atoms with Gasteiger partial charge in [-0.2, -0.15) is 4.31 Å². The first kappa shape index (κ1) is 16.4. The van der Waals surface area contributed by atoms with E-state index in [2.05, 4.69) is 0 Å². The van der Waals surface area contributed by atoms with Gasteiger partial charge in [-0.25, -0.2) is 8.42 Å². The second kappa shape index (κ2) is 6.41. The average molecular weight is 314 g/mol. The van der Waals surface area contributed by atoms with Crippen molar-refractivity contribution in [3.8, 4) is 0 Å². The van der Waals surface area contributed by atoms with Gasteiger partial charge in [0.15, 0.2) is 0 Å². The highest BCUT2D eigenvalue weighted by atomic mass is 32.2. The molecule has 0 bridgehead atoms. The molecule has 2 atom stereocenters. The van der Waals surface area contributed by atoms with Crippen LogP contribution >= 0.6 is 0 Å². The number of methoxy groups -OCH3 is 2. The first-order chi connectivity index (χ1) is 9.93. The Bertz CT molecular complexity index is 591. The van der Waals surface area contributed by atoms with Crippen LogP contribution < -0.4 is 5.73 Å². The first-order valence-corrected chi connectivity index (χ1v) is 8.23. The number of nitrogens with zero attached hydrogens (tertiary/aromatic N) is 1. The summed E-state index contributed by atoms with van der Waals surface area (Å²) in [6.07, 6.45) is -0.483. The number of rotatable bonds is 5. The van der Waals surface area contributed by atoms with Crippen molar-refractivity contribution in [2.24, 2.45) is 5.73 Å². The Labute approximate surface area is 125 Å². The third kappa shape index (κ3) is 3.12. The molecular formula is C14H22N2O4S. The Kier molecular flexibility index (Phi) is 5.00. The normalized spacial score (nSPS) is 23.6. The van der Waals surface area contributed by atoms with E-state index in [-0.39, 0.29) is 17.1 Å². The summed E-state index contributed by atoms with van der Waals surface area (Å²) >= 11 is 0. The standard InChI is InChI=1S/C14H22N2O4S/c1-10-6-12(5-4-11(10)7-15)21(17,18)16-8-13(19-2)14(9-16)20-3/h4-6,13-14H,7-9,15H2,1-3H3. The molecule has 6 nitrogen and oxygen atoms in total. The number of benzene rings is 1. The van der Waals surface area contributed by atoms with Gasteiger partial charge in [-0.3, -0.25) is 0 Å². The molecule has 1 heterocycles. The third-order valence-electron chi connectivity index (χ3n) is 3.96. The van der Waals surface area contributed by atoms with Gasteiger partial charge in [-0.1, -0.05) is 6.07 Å². The Morgan fingerprint density at radius 3 is 2.24 bits per heavy atom. The molecule has 21 heavy (non-hydrogen) atoms. The highest BCUT2D eigenvalue weighted by molar-refractivity contribution is 7.89. The van der Waals surface area contributed by atoms with Crippen molar-refractivity contribution in [1.82, 2.24) is 4.31 Å². The van der Waals surface area contributed by atoms with Gasteiger partial charge in [0.1, 0.15) is 0 Å². The summed E-state index contributed by atoms with van der Waals surface area (Å²) < 4.78 is 37.4. The smallest absolute Gasteiger partial charge is 0.243 e. The predicted octanol–water partition coefficient (Wildman–Crippen LogP) is 0.488. The minimum atomic E-state index is -3.54. The maximum Gasteiger partial charge on any atom is 0.243 e. The van der Waals surface area contributed by atoms with Gasteiger partial charge in [0, 0.05) is 33.9 Å². The van der Waals surface area contributed by atoms with Crippen molar-refractivity contribution in [2.75, 3.05) is 27.3 Å². The largest absolute Gasteiger partial charge is 0.377 e. The minimum Gasteiger partial charge on any atom is -0.377 e. The molecule has 0 aromatic heterocycles. The molecule has 0 radical (unpaired) electrons. The summed E-state index contributed by atoms with van der Waals surface area (Å²) in [6.45, 7) is 2.86. The van der Waals surface area contributed by atoms with E-state index in [9.17, 15) is 8.42 Å². The van der Waals surface area contributed by atoms with Crippen LogP contribution in [0.4, 0.5) is 0 Å². The molecule has 0 amide bonds. The fourth-order valence-corrected chi connectivity index (χ4v) is 4.12. The fourth-order valence-electron chi connectivity index (χ4n) is 2.57. The van der Waals surface area contributed by atoms with E-state index < -0.39 is 10.0 Å². The van der Waals surface area contributed by atoms with Gasteiger partial charge >= 0.3 is 0 Å². The van der Waals surface area contributed by atoms with Crippen LogP contribution in [0.25, 0.3) is 0 Å². The van der Waals surface area contributed by atoms with Crippen LogP contribution in [0, 0.1) is 6.92 Å². The Morgan fingerprint density at radius 2 is 1.81 bits per heavy atom. The summed E-state index contributed by atoms with van der Waals surface area (Å²) in [6, 6.07) is 5.03. The molecule has 2 rings (SSSR count). The van der Waals surface area contributed by atoms with E-state index in [0.717, 1.165) is 11.1 Å². The lowest BCUT2D eigenvalue weighted by Gasteiger charge is -2.17. The Balaban J connectivity index is 2.28. The van der Waals surface area contributed by atoms with Crippen molar-refractivity contribution >= 4 is 10.0 Å². The van der Waals surface area contributed by atoms with Crippen LogP contribution in [-0.4, -0.2) is 52.2 Å². The van der Waals surface area contributed by atoms with Crippen molar-refractivity contribution in [3.05, 3.63) is 29.3 Å². The summed E-state index contributed by atoms with van der Waals surface area (Å²) in [5.41, 5.74) is 7.43. The molecule has 2 N–H and O–H groups in total. The number of hydrogen-bond acceptors (Lipinski definition) is 5. The van der Waals surface area contributed by atoms with E-state index in [1.807, 2.05) is 6.92 Å². The lowest BCUT2D eigenvalue weighted by atomic mass is 10.1. The topological polar surface area (TPSA) is 81.9 Å². The molecule has 1 aliphatic heterocycles. The van der Waals surface area contributed by atoms with Crippen molar-refractivity contribution in [3.63, 3.8) is 0 Å². The van der Waals surface area contributed by atoms with E-state index in [1.54, 1.807) is 32.4 Å². The van der Waals surface area contributed by atoms with Crippen LogP contribution in [-0.2, 0) is 26.0 Å². The fraction of sp³-hybridized carbons (Fsp3) is 0.571. The van der Waals surface area contributed by atoms with Gasteiger partial charge < -0.3 is 15.2 Å². The SMILES string of the molecule is COC1CN(S(=O)(=O)c2ccc(CN)c(C)c2)CC1OC. The van der Waals surface area contributed by atoms with Gasteiger partial charge in [-0.05, 0) is 30.2 Å². The number of aryl methyl sites for hydroxylation is 1. The van der Waals surface area contributed by atoms with E-state index >= 15 is 0 Å². The van der Waals surface area contributed by atoms with Gasteiger partial charge in [-0.15, -0.1) is 0 Å². The quantitative estimate of drug-likeness (QED) is 0.855. The molecule has 0 spiro atoms. The lowest BCUT2D eigenvalue weighted by Crippen LogP contribution is -2.30. The molecule has 1 aromatic rings. The maximum atomic E-state index is 12.7. The lowest BCUT2D eigenvalue weighted by molar-refractivity contribution is -0.00461.